The van der Waals surface area contributed by atoms with Crippen LogP contribution in [0.1, 0.15) is 12.0 Å². The van der Waals surface area contributed by atoms with Gasteiger partial charge in [-0.15, -0.1) is 0 Å². The number of morpholine rings is 1. The molecule has 0 spiro atoms. The summed E-state index contributed by atoms with van der Waals surface area (Å²) in [7, 11) is 0. The van der Waals surface area contributed by atoms with Crippen molar-refractivity contribution < 1.29 is 13.9 Å². The Morgan fingerprint density at radius 1 is 1.56 bits per heavy atom. The molecule has 2 heterocycles. The number of benzene rings is 1. The van der Waals surface area contributed by atoms with Crippen LogP contribution in [0, 0.1) is 5.82 Å². The molecular formula is C13H13ClFNO2. The normalized spacial score (nSPS) is 25.8. The average Bonchev–Trinajstić information content (AvgIpc) is 2.96. The molecule has 5 heteroatoms. The monoisotopic (exact) mass is 269 g/mol. The smallest absolute Gasteiger partial charge is 0.227 e. The number of rotatable bonds is 2. The topological polar surface area (TPSA) is 29.5 Å². The molecular weight excluding hydrogens is 257 g/mol. The van der Waals surface area contributed by atoms with Crippen molar-refractivity contribution >= 4 is 17.5 Å². The molecule has 2 aliphatic rings. The van der Waals surface area contributed by atoms with Gasteiger partial charge in [0.15, 0.2) is 0 Å². The summed E-state index contributed by atoms with van der Waals surface area (Å²) >= 11 is 5.92. The minimum Gasteiger partial charge on any atom is -0.374 e. The van der Waals surface area contributed by atoms with E-state index in [1.807, 2.05) is 0 Å². The summed E-state index contributed by atoms with van der Waals surface area (Å²) in [6.45, 7) is 1.22. The lowest BCUT2D eigenvalue weighted by atomic mass is 10.1. The number of amides is 1. The van der Waals surface area contributed by atoms with Gasteiger partial charge in [-0.2, -0.15) is 0 Å². The van der Waals surface area contributed by atoms with Crippen molar-refractivity contribution in [1.29, 1.82) is 0 Å². The van der Waals surface area contributed by atoms with Gasteiger partial charge >= 0.3 is 0 Å². The van der Waals surface area contributed by atoms with Crippen molar-refractivity contribution in [2.45, 2.75) is 25.0 Å². The van der Waals surface area contributed by atoms with Crippen LogP contribution < -0.4 is 0 Å². The third-order valence-electron chi connectivity index (χ3n) is 3.61. The van der Waals surface area contributed by atoms with Crippen molar-refractivity contribution in [2.75, 3.05) is 13.2 Å². The summed E-state index contributed by atoms with van der Waals surface area (Å²) in [5.41, 5.74) is 0.285. The first kappa shape index (κ1) is 11.9. The molecule has 96 valence electrons. The van der Waals surface area contributed by atoms with E-state index in [2.05, 4.69) is 0 Å². The van der Waals surface area contributed by atoms with Gasteiger partial charge in [0.05, 0.1) is 25.2 Å². The Morgan fingerprint density at radius 3 is 3.00 bits per heavy atom. The van der Waals surface area contributed by atoms with E-state index in [-0.39, 0.29) is 30.0 Å². The standard InChI is InChI=1S/C13H13ClFNO2/c14-11-2-1-3-12(15)10(11)5-13(17)16-6-9-4-8(16)7-18-9/h1-3,8-9H,4-7H2/t8-,9+/m0/s1. The van der Waals surface area contributed by atoms with Crippen LogP contribution in [0.15, 0.2) is 18.2 Å². The molecule has 3 rings (SSSR count). The lowest BCUT2D eigenvalue weighted by Gasteiger charge is -2.27. The maximum atomic E-state index is 13.6. The number of nitrogens with zero attached hydrogens (tertiary/aromatic N) is 1. The number of halogens is 2. The van der Waals surface area contributed by atoms with E-state index in [4.69, 9.17) is 16.3 Å². The molecule has 1 amide bonds. The van der Waals surface area contributed by atoms with E-state index in [0.717, 1.165) is 6.42 Å². The molecule has 0 aromatic heterocycles. The van der Waals surface area contributed by atoms with Crippen molar-refractivity contribution in [3.8, 4) is 0 Å². The first-order valence-corrected chi connectivity index (χ1v) is 6.37. The fourth-order valence-corrected chi connectivity index (χ4v) is 2.89. The molecule has 2 fully saturated rings. The van der Waals surface area contributed by atoms with Crippen molar-refractivity contribution in [2.24, 2.45) is 0 Å². The third kappa shape index (κ3) is 1.99. The molecule has 0 saturated carbocycles. The van der Waals surface area contributed by atoms with Gasteiger partial charge in [0, 0.05) is 17.1 Å². The summed E-state index contributed by atoms with van der Waals surface area (Å²) < 4.78 is 19.0. The Bertz CT molecular complexity index is 474. The molecule has 2 atom stereocenters. The highest BCUT2D eigenvalue weighted by Gasteiger charge is 2.41. The van der Waals surface area contributed by atoms with Crippen LogP contribution in [0.4, 0.5) is 4.39 Å². The molecule has 1 aromatic rings. The van der Waals surface area contributed by atoms with Crippen LogP contribution in [0.2, 0.25) is 5.02 Å². The number of carbonyl (C=O) groups is 1. The molecule has 0 N–H and O–H groups in total. The van der Waals surface area contributed by atoms with Gasteiger partial charge in [0.25, 0.3) is 0 Å². The van der Waals surface area contributed by atoms with Crippen LogP contribution in [0.3, 0.4) is 0 Å². The van der Waals surface area contributed by atoms with E-state index in [9.17, 15) is 9.18 Å². The second-order valence-corrected chi connectivity index (χ2v) is 5.18. The number of fused-ring (bicyclic) bond motifs is 2. The largest absolute Gasteiger partial charge is 0.374 e. The summed E-state index contributed by atoms with van der Waals surface area (Å²) in [5, 5.41) is 0.309. The Morgan fingerprint density at radius 2 is 2.39 bits per heavy atom. The average molecular weight is 270 g/mol. The van der Waals surface area contributed by atoms with Crippen molar-refractivity contribution in [3.63, 3.8) is 0 Å². The van der Waals surface area contributed by atoms with Gasteiger partial charge < -0.3 is 9.64 Å². The number of hydrogen-bond donors (Lipinski definition) is 0. The summed E-state index contributed by atoms with van der Waals surface area (Å²) in [6.07, 6.45) is 1.08. The molecule has 0 radical (unpaired) electrons. The minimum atomic E-state index is -0.420. The minimum absolute atomic E-state index is 0.0225. The Hall–Kier alpha value is -1.13. The number of likely N-dealkylation sites (tertiary alicyclic amines) is 1. The third-order valence-corrected chi connectivity index (χ3v) is 3.96. The zero-order valence-electron chi connectivity index (χ0n) is 9.73. The maximum Gasteiger partial charge on any atom is 0.227 e. The molecule has 1 aromatic carbocycles. The molecule has 0 aliphatic carbocycles. The fourth-order valence-electron chi connectivity index (χ4n) is 2.66. The second-order valence-electron chi connectivity index (χ2n) is 4.77. The first-order chi connectivity index (χ1) is 8.65. The van der Waals surface area contributed by atoms with E-state index in [0.29, 0.717) is 18.2 Å². The zero-order chi connectivity index (χ0) is 12.7. The SMILES string of the molecule is O=C(Cc1c(F)cccc1Cl)N1C[C@H]2C[C@H]1CO2. The van der Waals surface area contributed by atoms with E-state index in [1.165, 1.54) is 12.1 Å². The van der Waals surface area contributed by atoms with Crippen LogP contribution >= 0.6 is 11.6 Å². The molecule has 3 nitrogen and oxygen atoms in total. The number of ether oxygens (including phenoxy) is 1. The summed E-state index contributed by atoms with van der Waals surface area (Å²) in [5.74, 6) is -0.491. The van der Waals surface area contributed by atoms with Crippen LogP contribution in [-0.2, 0) is 16.0 Å². The Labute approximate surface area is 109 Å². The van der Waals surface area contributed by atoms with Gasteiger partial charge in [0.2, 0.25) is 5.91 Å². The van der Waals surface area contributed by atoms with Gasteiger partial charge in [0.1, 0.15) is 5.82 Å². The summed E-state index contributed by atoms with van der Waals surface area (Å²) in [4.78, 5) is 13.9. The molecule has 0 unspecified atom stereocenters. The van der Waals surface area contributed by atoms with Gasteiger partial charge in [-0.1, -0.05) is 17.7 Å². The highest BCUT2D eigenvalue weighted by Crippen LogP contribution is 2.29. The predicted octanol–water partition coefficient (Wildman–Crippen LogP) is 2.02. The zero-order valence-corrected chi connectivity index (χ0v) is 10.5. The van der Waals surface area contributed by atoms with Gasteiger partial charge in [-0.25, -0.2) is 4.39 Å². The first-order valence-electron chi connectivity index (χ1n) is 5.99. The summed E-state index contributed by atoms with van der Waals surface area (Å²) in [6, 6.07) is 4.63. The molecule has 2 bridgehead atoms. The van der Waals surface area contributed by atoms with Crippen LogP contribution in [-0.4, -0.2) is 36.1 Å². The molecule has 2 saturated heterocycles. The second kappa shape index (κ2) is 4.52. The molecule has 2 aliphatic heterocycles. The number of hydrogen-bond acceptors (Lipinski definition) is 2. The lowest BCUT2D eigenvalue weighted by Crippen LogP contribution is -2.42. The number of carbonyl (C=O) groups excluding carboxylic acids is 1. The highest BCUT2D eigenvalue weighted by atomic mass is 35.5. The lowest BCUT2D eigenvalue weighted by molar-refractivity contribution is -0.134. The van der Waals surface area contributed by atoms with Crippen LogP contribution in [0.25, 0.3) is 0 Å². The fraction of sp³-hybridized carbons (Fsp3) is 0.462. The predicted molar refractivity (Wildman–Crippen MR) is 65.0 cm³/mol. The highest BCUT2D eigenvalue weighted by molar-refractivity contribution is 6.31. The van der Waals surface area contributed by atoms with Gasteiger partial charge in [-0.05, 0) is 18.6 Å². The van der Waals surface area contributed by atoms with E-state index < -0.39 is 5.82 Å². The Kier molecular flexibility index (Phi) is 2.99. The van der Waals surface area contributed by atoms with Crippen molar-refractivity contribution in [3.05, 3.63) is 34.6 Å². The maximum absolute atomic E-state index is 13.6. The van der Waals surface area contributed by atoms with Gasteiger partial charge in [-0.3, -0.25) is 4.79 Å². The van der Waals surface area contributed by atoms with Crippen LogP contribution in [0.5, 0.6) is 0 Å². The Balaban J connectivity index is 1.75. The van der Waals surface area contributed by atoms with E-state index in [1.54, 1.807) is 11.0 Å². The quantitative estimate of drug-likeness (QED) is 0.822. The van der Waals surface area contributed by atoms with E-state index >= 15 is 0 Å². The van der Waals surface area contributed by atoms with Crippen molar-refractivity contribution in [1.82, 2.24) is 4.90 Å². The molecule has 18 heavy (non-hydrogen) atoms.